The molecule has 1 rings (SSSR count). The topological polar surface area (TPSA) is 15.3 Å². The van der Waals surface area contributed by atoms with E-state index < -0.39 is 0 Å². The summed E-state index contributed by atoms with van der Waals surface area (Å²) in [7, 11) is 0. The summed E-state index contributed by atoms with van der Waals surface area (Å²) in [6.07, 6.45) is 1.30. The van der Waals surface area contributed by atoms with E-state index in [-0.39, 0.29) is 0 Å². The molecule has 2 heteroatoms. The van der Waals surface area contributed by atoms with Gasteiger partial charge in [0.25, 0.3) is 0 Å². The van der Waals surface area contributed by atoms with Gasteiger partial charge in [0.2, 0.25) is 0 Å². The molecule has 0 bridgehead atoms. The van der Waals surface area contributed by atoms with Gasteiger partial charge in [-0.2, -0.15) is 0 Å². The minimum atomic E-state index is 0.710. The van der Waals surface area contributed by atoms with Crippen molar-refractivity contribution in [3.63, 3.8) is 0 Å². The van der Waals surface area contributed by atoms with Crippen LogP contribution in [0.4, 0.5) is 0 Å². The van der Waals surface area contributed by atoms with Crippen LogP contribution >= 0.6 is 0 Å². The standard InChI is InChI=1S/C10H22N2/c1-9(2)8-12-6-4-10(3)11-5-7-12/h9-11H,4-8H2,1-3H3. The van der Waals surface area contributed by atoms with Crippen molar-refractivity contribution >= 4 is 0 Å². The van der Waals surface area contributed by atoms with E-state index in [1.807, 2.05) is 0 Å². The fraction of sp³-hybridized carbons (Fsp3) is 1.00. The lowest BCUT2D eigenvalue weighted by Crippen LogP contribution is -2.31. The highest BCUT2D eigenvalue weighted by Gasteiger charge is 2.13. The smallest absolute Gasteiger partial charge is 0.0107 e. The Morgan fingerprint density at radius 2 is 2.17 bits per heavy atom. The Morgan fingerprint density at radius 3 is 2.83 bits per heavy atom. The maximum absolute atomic E-state index is 3.51. The zero-order chi connectivity index (χ0) is 8.97. The van der Waals surface area contributed by atoms with Gasteiger partial charge < -0.3 is 10.2 Å². The molecule has 0 aromatic carbocycles. The molecule has 0 aromatic rings. The second-order valence-corrected chi connectivity index (χ2v) is 4.34. The van der Waals surface area contributed by atoms with Crippen molar-refractivity contribution in [2.45, 2.75) is 33.2 Å². The summed E-state index contributed by atoms with van der Waals surface area (Å²) in [6.45, 7) is 11.8. The van der Waals surface area contributed by atoms with Gasteiger partial charge >= 0.3 is 0 Å². The van der Waals surface area contributed by atoms with Gasteiger partial charge in [-0.05, 0) is 25.8 Å². The summed E-state index contributed by atoms with van der Waals surface area (Å²) in [5, 5.41) is 3.51. The van der Waals surface area contributed by atoms with Crippen LogP contribution in [0.5, 0.6) is 0 Å². The zero-order valence-corrected chi connectivity index (χ0v) is 8.64. The molecule has 1 aliphatic heterocycles. The zero-order valence-electron chi connectivity index (χ0n) is 8.64. The second kappa shape index (κ2) is 4.83. The molecule has 1 heterocycles. The summed E-state index contributed by atoms with van der Waals surface area (Å²) in [4.78, 5) is 2.57. The molecule has 72 valence electrons. The monoisotopic (exact) mass is 170 g/mol. The third-order valence-electron chi connectivity index (χ3n) is 2.42. The molecule has 0 aliphatic carbocycles. The van der Waals surface area contributed by atoms with Crippen molar-refractivity contribution in [3.05, 3.63) is 0 Å². The van der Waals surface area contributed by atoms with Crippen LogP contribution in [0.15, 0.2) is 0 Å². The molecule has 0 amide bonds. The van der Waals surface area contributed by atoms with Crippen molar-refractivity contribution in [3.8, 4) is 0 Å². The van der Waals surface area contributed by atoms with Crippen LogP contribution in [-0.2, 0) is 0 Å². The van der Waals surface area contributed by atoms with Gasteiger partial charge in [-0.15, -0.1) is 0 Å². The fourth-order valence-electron chi connectivity index (χ4n) is 1.76. The Labute approximate surface area is 76.3 Å². The van der Waals surface area contributed by atoms with E-state index in [0.29, 0.717) is 6.04 Å². The van der Waals surface area contributed by atoms with Crippen LogP contribution in [0, 0.1) is 5.92 Å². The Balaban J connectivity index is 2.26. The average molecular weight is 170 g/mol. The van der Waals surface area contributed by atoms with Gasteiger partial charge in [0.1, 0.15) is 0 Å². The van der Waals surface area contributed by atoms with Crippen molar-refractivity contribution in [2.75, 3.05) is 26.2 Å². The Bertz CT molecular complexity index is 123. The van der Waals surface area contributed by atoms with E-state index in [1.165, 1.54) is 26.1 Å². The van der Waals surface area contributed by atoms with E-state index in [1.54, 1.807) is 0 Å². The number of nitrogens with one attached hydrogen (secondary N) is 1. The molecule has 2 nitrogen and oxygen atoms in total. The first kappa shape index (κ1) is 10.0. The van der Waals surface area contributed by atoms with Gasteiger partial charge in [-0.25, -0.2) is 0 Å². The molecule has 0 radical (unpaired) electrons. The Hall–Kier alpha value is -0.0800. The highest BCUT2D eigenvalue weighted by Crippen LogP contribution is 2.04. The normalized spacial score (nSPS) is 27.5. The van der Waals surface area contributed by atoms with Crippen molar-refractivity contribution in [2.24, 2.45) is 5.92 Å². The molecule has 12 heavy (non-hydrogen) atoms. The van der Waals surface area contributed by atoms with E-state index in [0.717, 1.165) is 12.5 Å². The number of hydrogen-bond acceptors (Lipinski definition) is 2. The van der Waals surface area contributed by atoms with Gasteiger partial charge in [0.05, 0.1) is 0 Å². The second-order valence-electron chi connectivity index (χ2n) is 4.34. The van der Waals surface area contributed by atoms with Crippen LogP contribution < -0.4 is 5.32 Å². The molecular weight excluding hydrogens is 148 g/mol. The van der Waals surface area contributed by atoms with E-state index in [4.69, 9.17) is 0 Å². The summed E-state index contributed by atoms with van der Waals surface area (Å²) in [5.41, 5.74) is 0. The molecule has 1 aliphatic rings. The number of nitrogens with zero attached hydrogens (tertiary/aromatic N) is 1. The molecule has 0 aromatic heterocycles. The SMILES string of the molecule is CC(C)CN1CCNC(C)CC1. The highest BCUT2D eigenvalue weighted by molar-refractivity contribution is 4.72. The summed E-state index contributed by atoms with van der Waals surface area (Å²) in [6, 6.07) is 0.710. The van der Waals surface area contributed by atoms with Crippen molar-refractivity contribution < 1.29 is 0 Å². The van der Waals surface area contributed by atoms with E-state index in [9.17, 15) is 0 Å². The largest absolute Gasteiger partial charge is 0.313 e. The molecule has 1 atom stereocenters. The lowest BCUT2D eigenvalue weighted by atomic mass is 10.2. The predicted octanol–water partition coefficient (Wildman–Crippen LogP) is 1.33. The molecule has 1 fully saturated rings. The van der Waals surface area contributed by atoms with Crippen LogP contribution in [-0.4, -0.2) is 37.1 Å². The summed E-state index contributed by atoms with van der Waals surface area (Å²) >= 11 is 0. The molecule has 1 unspecified atom stereocenters. The van der Waals surface area contributed by atoms with Crippen LogP contribution in [0.25, 0.3) is 0 Å². The molecular formula is C10H22N2. The Kier molecular flexibility index (Phi) is 4.02. The fourth-order valence-corrected chi connectivity index (χ4v) is 1.76. The third kappa shape index (κ3) is 3.55. The first-order chi connectivity index (χ1) is 5.68. The van der Waals surface area contributed by atoms with Crippen molar-refractivity contribution in [1.29, 1.82) is 0 Å². The number of hydrogen-bond donors (Lipinski definition) is 1. The molecule has 1 N–H and O–H groups in total. The first-order valence-corrected chi connectivity index (χ1v) is 5.14. The summed E-state index contributed by atoms with van der Waals surface area (Å²) in [5.74, 6) is 0.804. The van der Waals surface area contributed by atoms with Gasteiger partial charge in [-0.1, -0.05) is 13.8 Å². The highest BCUT2D eigenvalue weighted by atomic mass is 15.2. The number of rotatable bonds is 2. The Morgan fingerprint density at radius 1 is 1.42 bits per heavy atom. The van der Waals surface area contributed by atoms with E-state index in [2.05, 4.69) is 31.0 Å². The van der Waals surface area contributed by atoms with Crippen LogP contribution in [0.3, 0.4) is 0 Å². The third-order valence-corrected chi connectivity index (χ3v) is 2.42. The minimum absolute atomic E-state index is 0.710. The maximum Gasteiger partial charge on any atom is 0.0107 e. The van der Waals surface area contributed by atoms with Crippen molar-refractivity contribution in [1.82, 2.24) is 10.2 Å². The molecule has 0 saturated carbocycles. The van der Waals surface area contributed by atoms with Gasteiger partial charge in [-0.3, -0.25) is 0 Å². The molecule has 1 saturated heterocycles. The van der Waals surface area contributed by atoms with Gasteiger partial charge in [0.15, 0.2) is 0 Å². The van der Waals surface area contributed by atoms with E-state index >= 15 is 0 Å². The summed E-state index contributed by atoms with van der Waals surface area (Å²) < 4.78 is 0. The minimum Gasteiger partial charge on any atom is -0.313 e. The maximum atomic E-state index is 3.51. The quantitative estimate of drug-likeness (QED) is 0.672. The average Bonchev–Trinajstić information content (AvgIpc) is 2.15. The molecule has 0 spiro atoms. The lowest BCUT2D eigenvalue weighted by Gasteiger charge is -2.21. The van der Waals surface area contributed by atoms with Gasteiger partial charge in [0, 0.05) is 25.7 Å². The predicted molar refractivity (Wildman–Crippen MR) is 53.4 cm³/mol. The van der Waals surface area contributed by atoms with Crippen LogP contribution in [0.1, 0.15) is 27.2 Å². The lowest BCUT2D eigenvalue weighted by molar-refractivity contribution is 0.258. The van der Waals surface area contributed by atoms with Crippen LogP contribution in [0.2, 0.25) is 0 Å². The first-order valence-electron chi connectivity index (χ1n) is 5.14.